The van der Waals surface area contributed by atoms with E-state index in [1.165, 1.54) is 0 Å². The number of aromatic nitrogens is 8. The SMILES string of the molecule is c1ccc(-c2cccc(-c3nc(-c4cccc(-c5ccccn5)c4)nc(-n4c5ccccc5c5ccc6c7ccccc7c7nc8ccccc8n7c6c54)n3)c2)nc1. The Kier molecular flexibility index (Phi) is 7.06. The zero-order chi connectivity index (χ0) is 38.2. The first-order valence-corrected chi connectivity index (χ1v) is 19.2. The predicted molar refractivity (Wildman–Crippen MR) is 233 cm³/mol. The van der Waals surface area contributed by atoms with Crippen LogP contribution in [0.1, 0.15) is 0 Å². The van der Waals surface area contributed by atoms with Crippen molar-refractivity contribution in [1.29, 1.82) is 0 Å². The highest BCUT2D eigenvalue weighted by Gasteiger charge is 2.23. The molecule has 0 N–H and O–H groups in total. The molecule has 0 aliphatic heterocycles. The molecule has 0 fully saturated rings. The van der Waals surface area contributed by atoms with Crippen LogP contribution in [0.4, 0.5) is 0 Å². The molecule has 6 aromatic heterocycles. The Morgan fingerprint density at radius 2 is 0.914 bits per heavy atom. The lowest BCUT2D eigenvalue weighted by Crippen LogP contribution is -2.07. The molecular weight excluding hydrogens is 713 g/mol. The maximum absolute atomic E-state index is 5.37. The molecule has 0 bridgehead atoms. The van der Waals surface area contributed by atoms with Crippen molar-refractivity contribution >= 4 is 60.2 Å². The smallest absolute Gasteiger partial charge is 0.238 e. The first kappa shape index (κ1) is 32.2. The molecule has 6 aromatic carbocycles. The van der Waals surface area contributed by atoms with E-state index in [0.29, 0.717) is 17.6 Å². The van der Waals surface area contributed by atoms with Crippen molar-refractivity contribution in [1.82, 2.24) is 38.9 Å². The third-order valence-electron chi connectivity index (χ3n) is 11.0. The van der Waals surface area contributed by atoms with Crippen LogP contribution in [-0.4, -0.2) is 38.9 Å². The lowest BCUT2D eigenvalue weighted by molar-refractivity contribution is 0.954. The summed E-state index contributed by atoms with van der Waals surface area (Å²) in [7, 11) is 0. The highest BCUT2D eigenvalue weighted by molar-refractivity contribution is 6.24. The zero-order valence-electron chi connectivity index (χ0n) is 30.9. The fourth-order valence-corrected chi connectivity index (χ4v) is 8.46. The Morgan fingerprint density at radius 1 is 0.362 bits per heavy atom. The summed E-state index contributed by atoms with van der Waals surface area (Å²) >= 11 is 0. The Labute approximate surface area is 331 Å². The lowest BCUT2D eigenvalue weighted by atomic mass is 10.0. The number of para-hydroxylation sites is 3. The number of rotatable bonds is 5. The van der Waals surface area contributed by atoms with Gasteiger partial charge in [-0.1, -0.05) is 115 Å². The molecule has 270 valence electrons. The second-order valence-corrected chi connectivity index (χ2v) is 14.4. The fourth-order valence-electron chi connectivity index (χ4n) is 8.46. The predicted octanol–water partition coefficient (Wildman–Crippen LogP) is 11.5. The Bertz CT molecular complexity index is 3470. The molecule has 0 aliphatic carbocycles. The molecule has 58 heavy (non-hydrogen) atoms. The van der Waals surface area contributed by atoms with Crippen LogP contribution in [0.5, 0.6) is 0 Å². The molecule has 0 radical (unpaired) electrons. The fraction of sp³-hybridized carbons (Fsp3) is 0. The number of hydrogen-bond donors (Lipinski definition) is 0. The topological polar surface area (TPSA) is 86.7 Å². The molecule has 0 aliphatic rings. The van der Waals surface area contributed by atoms with Crippen molar-refractivity contribution in [2.45, 2.75) is 0 Å². The van der Waals surface area contributed by atoms with Gasteiger partial charge in [0.15, 0.2) is 11.6 Å². The summed E-state index contributed by atoms with van der Waals surface area (Å²) in [5, 5.41) is 5.54. The maximum Gasteiger partial charge on any atom is 0.238 e. The van der Waals surface area contributed by atoms with Crippen LogP contribution in [0, 0.1) is 0 Å². The van der Waals surface area contributed by atoms with E-state index in [2.05, 4.69) is 122 Å². The highest BCUT2D eigenvalue weighted by Crippen LogP contribution is 2.41. The van der Waals surface area contributed by atoms with E-state index in [1.807, 2.05) is 79.1 Å². The van der Waals surface area contributed by atoms with Crippen molar-refractivity contribution in [3.05, 3.63) is 182 Å². The molecule has 6 heterocycles. The summed E-state index contributed by atoms with van der Waals surface area (Å²) in [6.45, 7) is 0. The standard InChI is InChI=1S/C50H30N8/c1-2-19-39-35(17-1)37-25-26-38-36-18-3-5-23-43(36)58(46(38)45(37)57-44-24-6-4-22-42(44)53-49(39)57)50-55-47(33-15-11-13-31(29-33)40-20-7-9-27-51-40)54-48(56-50)34-16-12-14-32(30-34)41-21-8-10-28-52-41/h1-30H. The third-order valence-corrected chi connectivity index (χ3v) is 11.0. The van der Waals surface area contributed by atoms with Crippen molar-refractivity contribution in [3.8, 4) is 51.2 Å². The van der Waals surface area contributed by atoms with Gasteiger partial charge >= 0.3 is 0 Å². The summed E-state index contributed by atoms with van der Waals surface area (Å²) < 4.78 is 4.54. The Balaban J connectivity index is 1.21. The maximum atomic E-state index is 5.37. The van der Waals surface area contributed by atoms with E-state index < -0.39 is 0 Å². The van der Waals surface area contributed by atoms with E-state index in [4.69, 9.17) is 19.9 Å². The minimum atomic E-state index is 0.510. The molecule has 12 rings (SSSR count). The van der Waals surface area contributed by atoms with Crippen LogP contribution in [0.3, 0.4) is 0 Å². The van der Waals surface area contributed by atoms with Gasteiger partial charge in [0.05, 0.1) is 39.0 Å². The van der Waals surface area contributed by atoms with Gasteiger partial charge in [-0.25, -0.2) is 9.97 Å². The normalized spacial score (nSPS) is 11.8. The van der Waals surface area contributed by atoms with E-state index in [-0.39, 0.29) is 0 Å². The van der Waals surface area contributed by atoms with Gasteiger partial charge < -0.3 is 0 Å². The Hall–Kier alpha value is -8.10. The average molecular weight is 743 g/mol. The molecule has 0 unspecified atom stereocenters. The number of imidazole rings is 1. The van der Waals surface area contributed by atoms with E-state index in [1.54, 1.807) is 0 Å². The molecular formula is C50H30N8. The molecule has 0 amide bonds. The average Bonchev–Trinajstić information content (AvgIpc) is 3.86. The van der Waals surface area contributed by atoms with Gasteiger partial charge in [-0.2, -0.15) is 9.97 Å². The number of hydrogen-bond acceptors (Lipinski definition) is 6. The molecule has 0 spiro atoms. The molecule has 12 aromatic rings. The summed E-state index contributed by atoms with van der Waals surface area (Å²) in [5.41, 5.74) is 11.3. The summed E-state index contributed by atoms with van der Waals surface area (Å²) in [5.74, 6) is 1.61. The van der Waals surface area contributed by atoms with Crippen molar-refractivity contribution in [3.63, 3.8) is 0 Å². The monoisotopic (exact) mass is 742 g/mol. The van der Waals surface area contributed by atoms with Crippen molar-refractivity contribution in [2.24, 2.45) is 0 Å². The van der Waals surface area contributed by atoms with Gasteiger partial charge in [-0.15, -0.1) is 0 Å². The number of fused-ring (bicyclic) bond motifs is 12. The van der Waals surface area contributed by atoms with E-state index in [9.17, 15) is 0 Å². The van der Waals surface area contributed by atoms with Gasteiger partial charge in [-0.3, -0.25) is 18.9 Å². The largest absolute Gasteiger partial charge is 0.290 e. The van der Waals surface area contributed by atoms with Crippen molar-refractivity contribution in [2.75, 3.05) is 0 Å². The van der Waals surface area contributed by atoms with Gasteiger partial charge in [-0.05, 0) is 60.0 Å². The molecule has 0 atom stereocenters. The minimum Gasteiger partial charge on any atom is -0.290 e. The second kappa shape index (κ2) is 12.7. The van der Waals surface area contributed by atoms with Crippen LogP contribution in [0.15, 0.2) is 182 Å². The summed E-state index contributed by atoms with van der Waals surface area (Å²) in [6, 6.07) is 58.3. The first-order chi connectivity index (χ1) is 28.8. The highest BCUT2D eigenvalue weighted by atomic mass is 15.2. The van der Waals surface area contributed by atoms with Gasteiger partial charge in [0, 0.05) is 56.2 Å². The minimum absolute atomic E-state index is 0.510. The van der Waals surface area contributed by atoms with Crippen LogP contribution in [0.25, 0.3) is 111 Å². The molecule has 8 heteroatoms. The van der Waals surface area contributed by atoms with Crippen LogP contribution >= 0.6 is 0 Å². The molecule has 8 nitrogen and oxygen atoms in total. The Morgan fingerprint density at radius 3 is 1.57 bits per heavy atom. The van der Waals surface area contributed by atoms with Gasteiger partial charge in [0.2, 0.25) is 5.95 Å². The van der Waals surface area contributed by atoms with Gasteiger partial charge in [0.1, 0.15) is 5.65 Å². The molecule has 0 saturated carbocycles. The third kappa shape index (κ3) is 4.95. The number of nitrogens with zero attached hydrogens (tertiary/aromatic N) is 8. The summed E-state index contributed by atoms with van der Waals surface area (Å²) in [6.07, 6.45) is 3.62. The number of pyridine rings is 3. The summed E-state index contributed by atoms with van der Waals surface area (Å²) in [4.78, 5) is 30.5. The molecule has 0 saturated heterocycles. The first-order valence-electron chi connectivity index (χ1n) is 19.2. The van der Waals surface area contributed by atoms with Crippen LogP contribution in [-0.2, 0) is 0 Å². The lowest BCUT2D eigenvalue weighted by Gasteiger charge is -2.14. The van der Waals surface area contributed by atoms with E-state index >= 15 is 0 Å². The second-order valence-electron chi connectivity index (χ2n) is 14.4. The zero-order valence-corrected chi connectivity index (χ0v) is 30.9. The van der Waals surface area contributed by atoms with Crippen LogP contribution < -0.4 is 0 Å². The van der Waals surface area contributed by atoms with Gasteiger partial charge in [0.25, 0.3) is 0 Å². The van der Waals surface area contributed by atoms with Crippen molar-refractivity contribution < 1.29 is 0 Å². The quantitative estimate of drug-likeness (QED) is 0.163. The number of benzene rings is 6. The van der Waals surface area contributed by atoms with E-state index in [0.717, 1.165) is 93.8 Å². The van der Waals surface area contributed by atoms with Crippen LogP contribution in [0.2, 0.25) is 0 Å².